The molecule has 0 atom stereocenters. The van der Waals surface area contributed by atoms with Crippen molar-refractivity contribution in [1.29, 1.82) is 0 Å². The van der Waals surface area contributed by atoms with Crippen LogP contribution in [-0.4, -0.2) is 62.1 Å². The van der Waals surface area contributed by atoms with E-state index in [4.69, 9.17) is 21.2 Å². The van der Waals surface area contributed by atoms with Crippen molar-refractivity contribution in [3.8, 4) is 11.5 Å². The average molecular weight is 690 g/mol. The number of nitrogens with one attached hydrogen (secondary N) is 2. The van der Waals surface area contributed by atoms with Crippen molar-refractivity contribution in [2.75, 3.05) is 38.8 Å². The lowest BCUT2D eigenvalue weighted by Crippen LogP contribution is -2.34. The minimum atomic E-state index is -0.310. The summed E-state index contributed by atoms with van der Waals surface area (Å²) in [7, 11) is 6.34. The summed E-state index contributed by atoms with van der Waals surface area (Å²) in [6, 6.07) is 11.1. The molecule has 0 unspecified atom stereocenters. The summed E-state index contributed by atoms with van der Waals surface area (Å²) in [6.07, 6.45) is 0.604. The molecule has 2 aromatic carbocycles. The molecule has 0 aliphatic carbocycles. The molecule has 2 rings (SSSR count). The minimum absolute atomic E-state index is 0.238. The van der Waals surface area contributed by atoms with E-state index in [0.717, 1.165) is 20.1 Å². The predicted molar refractivity (Wildman–Crippen MR) is 163 cm³/mol. The van der Waals surface area contributed by atoms with Crippen LogP contribution in [-0.2, 0) is 22.4 Å². The smallest absolute Gasteiger partial charge is 0.267 e. The maximum Gasteiger partial charge on any atom is 0.267 e. The van der Waals surface area contributed by atoms with E-state index in [1.54, 1.807) is 35.8 Å². The molecule has 0 spiro atoms. The molecule has 0 saturated carbocycles. The zero-order chi connectivity index (χ0) is 27.9. The number of ether oxygens (including phenoxy) is 2. The van der Waals surface area contributed by atoms with Gasteiger partial charge in [0.15, 0.2) is 0 Å². The van der Waals surface area contributed by atoms with E-state index in [-0.39, 0.29) is 23.2 Å². The van der Waals surface area contributed by atoms with Crippen LogP contribution >= 0.6 is 53.4 Å². The van der Waals surface area contributed by atoms with Crippen LogP contribution in [0.5, 0.6) is 11.5 Å². The fourth-order valence-electron chi connectivity index (χ4n) is 3.13. The standard InChI is InChI=1S/C24H30Br2N6O4S2/c1-35-21-5-3-15(11-17(21)25)13-19(31-27)23(33)29-7-9-37-38-10-8-30-24(34)20(32-28)14-16-4-6-22(36-2)18(26)12-16/h3-6,11-12H,7-10,13-14,27-28H2,1-2H3,(H,29,33)(H,30,34)/b31-19+,32-20+. The van der Waals surface area contributed by atoms with E-state index in [1.165, 1.54) is 0 Å². The van der Waals surface area contributed by atoms with Gasteiger partial charge < -0.3 is 31.8 Å². The molecule has 6 N–H and O–H groups in total. The summed E-state index contributed by atoms with van der Waals surface area (Å²) < 4.78 is 12.0. The Bertz CT molecular complexity index is 1080. The van der Waals surface area contributed by atoms with Crippen LogP contribution < -0.4 is 31.8 Å². The first-order valence-corrected chi connectivity index (χ1v) is 15.4. The van der Waals surface area contributed by atoms with Gasteiger partial charge in [-0.05, 0) is 67.3 Å². The minimum Gasteiger partial charge on any atom is -0.496 e. The predicted octanol–water partition coefficient (Wildman–Crippen LogP) is 3.26. The molecule has 2 aromatic rings. The molecule has 0 heterocycles. The van der Waals surface area contributed by atoms with Crippen LogP contribution in [0.4, 0.5) is 0 Å². The van der Waals surface area contributed by atoms with Gasteiger partial charge in [-0.15, -0.1) is 0 Å². The number of amides is 2. The third-order valence-corrected chi connectivity index (χ3v) is 8.68. The Balaban J connectivity index is 1.63. The van der Waals surface area contributed by atoms with Crippen LogP contribution in [0.15, 0.2) is 55.5 Å². The number of nitrogens with two attached hydrogens (primary N) is 2. The molecule has 10 nitrogen and oxygen atoms in total. The van der Waals surface area contributed by atoms with Crippen molar-refractivity contribution in [2.45, 2.75) is 12.8 Å². The van der Waals surface area contributed by atoms with Gasteiger partial charge >= 0.3 is 0 Å². The van der Waals surface area contributed by atoms with E-state index in [9.17, 15) is 9.59 Å². The third kappa shape index (κ3) is 10.4. The Kier molecular flexibility index (Phi) is 14.4. The second kappa shape index (κ2) is 17.2. The third-order valence-electron chi connectivity index (χ3n) is 5.04. The molecule has 0 saturated heterocycles. The Hall–Kier alpha value is -2.42. The van der Waals surface area contributed by atoms with Crippen molar-refractivity contribution in [3.63, 3.8) is 0 Å². The average Bonchev–Trinajstić information content (AvgIpc) is 2.91. The highest BCUT2D eigenvalue weighted by atomic mass is 79.9. The van der Waals surface area contributed by atoms with Crippen molar-refractivity contribution in [1.82, 2.24) is 10.6 Å². The summed E-state index contributed by atoms with van der Waals surface area (Å²) in [4.78, 5) is 24.8. The fourth-order valence-corrected chi connectivity index (χ4v) is 6.12. The van der Waals surface area contributed by atoms with Crippen LogP contribution in [0.3, 0.4) is 0 Å². The second-order valence-corrected chi connectivity index (χ2v) is 12.0. The Morgan fingerprint density at radius 3 is 1.50 bits per heavy atom. The Labute approximate surface area is 246 Å². The number of halogens is 2. The monoisotopic (exact) mass is 688 g/mol. The normalized spacial score (nSPS) is 11.7. The number of methoxy groups -OCH3 is 2. The lowest BCUT2D eigenvalue weighted by molar-refractivity contribution is -0.115. The van der Waals surface area contributed by atoms with Crippen molar-refractivity contribution in [3.05, 3.63) is 56.5 Å². The molecular formula is C24H30Br2N6O4S2. The Morgan fingerprint density at radius 2 is 1.18 bits per heavy atom. The zero-order valence-electron chi connectivity index (χ0n) is 21.0. The summed E-state index contributed by atoms with van der Waals surface area (Å²) >= 11 is 6.86. The van der Waals surface area contributed by atoms with E-state index < -0.39 is 0 Å². The molecule has 2 amide bonds. The van der Waals surface area contributed by atoms with Gasteiger partial charge in [-0.3, -0.25) is 9.59 Å². The first-order chi connectivity index (χ1) is 18.3. The molecule has 0 aliphatic rings. The van der Waals surface area contributed by atoms with Gasteiger partial charge in [-0.2, -0.15) is 10.2 Å². The van der Waals surface area contributed by atoms with E-state index in [1.807, 2.05) is 36.4 Å². The lowest BCUT2D eigenvalue weighted by atomic mass is 10.1. The number of carbonyl (C=O) groups excluding carboxylic acids is 2. The van der Waals surface area contributed by atoms with Crippen LogP contribution in [0.25, 0.3) is 0 Å². The number of rotatable bonds is 15. The molecule has 206 valence electrons. The SMILES string of the molecule is COc1ccc(C/C(=N\N)C(=O)NCCSSCCNC(=O)/C(Cc2ccc(OC)c(Br)c2)=N/N)cc1Br. The van der Waals surface area contributed by atoms with E-state index in [2.05, 4.69) is 52.7 Å². The number of nitrogens with zero attached hydrogens (tertiary/aromatic N) is 2. The molecule has 0 aliphatic heterocycles. The maximum absolute atomic E-state index is 12.4. The molecule has 0 radical (unpaired) electrons. The number of carbonyl (C=O) groups is 2. The molecular weight excluding hydrogens is 660 g/mol. The molecule has 0 bridgehead atoms. The van der Waals surface area contributed by atoms with Crippen LogP contribution in [0, 0.1) is 0 Å². The molecule has 0 fully saturated rings. The summed E-state index contributed by atoms with van der Waals surface area (Å²) in [5, 5.41) is 13.0. The number of hydrazone groups is 2. The highest BCUT2D eigenvalue weighted by molar-refractivity contribution is 9.11. The van der Waals surface area contributed by atoms with Crippen molar-refractivity contribution >= 4 is 76.7 Å². The quantitative estimate of drug-likeness (QED) is 0.0731. The van der Waals surface area contributed by atoms with Gasteiger partial charge in [0, 0.05) is 37.4 Å². The van der Waals surface area contributed by atoms with E-state index in [0.29, 0.717) is 48.9 Å². The Morgan fingerprint density at radius 1 is 0.789 bits per heavy atom. The van der Waals surface area contributed by atoms with Gasteiger partial charge in [0.1, 0.15) is 22.9 Å². The topological polar surface area (TPSA) is 153 Å². The van der Waals surface area contributed by atoms with Gasteiger partial charge in [0.25, 0.3) is 11.8 Å². The molecule has 14 heteroatoms. The summed E-state index contributed by atoms with van der Waals surface area (Å²) in [5.74, 6) is 13.0. The zero-order valence-corrected chi connectivity index (χ0v) is 25.8. The second-order valence-electron chi connectivity index (χ2n) is 7.60. The maximum atomic E-state index is 12.4. The fraction of sp³-hybridized carbons (Fsp3) is 0.333. The van der Waals surface area contributed by atoms with Gasteiger partial charge in [0.2, 0.25) is 0 Å². The number of hydrogen-bond acceptors (Lipinski definition) is 10. The number of hydrogen-bond donors (Lipinski definition) is 4. The van der Waals surface area contributed by atoms with E-state index >= 15 is 0 Å². The van der Waals surface area contributed by atoms with Gasteiger partial charge in [0.05, 0.1) is 23.2 Å². The highest BCUT2D eigenvalue weighted by Crippen LogP contribution is 2.26. The number of benzene rings is 2. The summed E-state index contributed by atoms with van der Waals surface area (Å²) in [6.45, 7) is 0.908. The first kappa shape index (κ1) is 31.8. The lowest BCUT2D eigenvalue weighted by Gasteiger charge is -2.10. The largest absolute Gasteiger partial charge is 0.496 e. The van der Waals surface area contributed by atoms with Gasteiger partial charge in [-0.25, -0.2) is 0 Å². The highest BCUT2D eigenvalue weighted by Gasteiger charge is 2.14. The molecule has 38 heavy (non-hydrogen) atoms. The molecule has 0 aromatic heterocycles. The van der Waals surface area contributed by atoms with Crippen LogP contribution in [0.1, 0.15) is 11.1 Å². The first-order valence-electron chi connectivity index (χ1n) is 11.3. The van der Waals surface area contributed by atoms with Crippen LogP contribution in [0.2, 0.25) is 0 Å². The van der Waals surface area contributed by atoms with Crippen molar-refractivity contribution < 1.29 is 19.1 Å². The van der Waals surface area contributed by atoms with Crippen molar-refractivity contribution in [2.24, 2.45) is 21.9 Å². The summed E-state index contributed by atoms with van der Waals surface area (Å²) in [5.41, 5.74) is 2.23. The van der Waals surface area contributed by atoms with Gasteiger partial charge in [-0.1, -0.05) is 33.7 Å².